The van der Waals surface area contributed by atoms with Crippen molar-refractivity contribution in [3.63, 3.8) is 0 Å². The fourth-order valence-electron chi connectivity index (χ4n) is 4.36. The molecule has 0 N–H and O–H groups in total. The van der Waals surface area contributed by atoms with Gasteiger partial charge in [-0.25, -0.2) is 9.79 Å². The Morgan fingerprint density at radius 2 is 1.87 bits per heavy atom. The summed E-state index contributed by atoms with van der Waals surface area (Å²) in [5.74, 6) is 1.04. The van der Waals surface area contributed by atoms with Gasteiger partial charge in [-0.05, 0) is 55.8 Å². The zero-order valence-electron chi connectivity index (χ0n) is 21.2. The zero-order chi connectivity index (χ0) is 27.7. The van der Waals surface area contributed by atoms with Crippen LogP contribution in [0.15, 0.2) is 86.1 Å². The van der Waals surface area contributed by atoms with Gasteiger partial charge in [-0.2, -0.15) is 0 Å². The Morgan fingerprint density at radius 3 is 2.51 bits per heavy atom. The first-order valence-corrected chi connectivity index (χ1v) is 12.8. The number of hydrogen-bond donors (Lipinski definition) is 0. The lowest BCUT2D eigenvalue weighted by molar-refractivity contribution is -0.384. The van der Waals surface area contributed by atoms with Crippen molar-refractivity contribution < 1.29 is 23.6 Å². The maximum absolute atomic E-state index is 13.7. The monoisotopic (exact) mass is 545 g/mol. The number of aromatic nitrogens is 1. The van der Waals surface area contributed by atoms with Gasteiger partial charge in [0.05, 0.1) is 40.5 Å². The average molecular weight is 546 g/mol. The van der Waals surface area contributed by atoms with Gasteiger partial charge in [-0.15, -0.1) is 0 Å². The molecule has 4 aromatic rings. The zero-order valence-corrected chi connectivity index (χ0v) is 22.1. The number of nitrogens with zero attached hydrogens (tertiary/aromatic N) is 3. The van der Waals surface area contributed by atoms with Crippen LogP contribution in [0.25, 0.3) is 17.4 Å². The van der Waals surface area contributed by atoms with E-state index in [2.05, 4.69) is 4.99 Å². The molecule has 3 heterocycles. The van der Waals surface area contributed by atoms with Gasteiger partial charge in [-0.1, -0.05) is 23.5 Å². The van der Waals surface area contributed by atoms with Gasteiger partial charge in [0.2, 0.25) is 0 Å². The number of allylic oxidation sites excluding steroid dienone is 1. The second-order valence-corrected chi connectivity index (χ2v) is 9.59. The Morgan fingerprint density at radius 1 is 1.15 bits per heavy atom. The molecule has 1 aliphatic heterocycles. The molecule has 0 saturated heterocycles. The van der Waals surface area contributed by atoms with E-state index < -0.39 is 16.9 Å². The lowest BCUT2D eigenvalue weighted by atomic mass is 9.96. The van der Waals surface area contributed by atoms with Crippen LogP contribution in [0.2, 0.25) is 0 Å². The second kappa shape index (κ2) is 10.5. The third-order valence-electron chi connectivity index (χ3n) is 6.21. The van der Waals surface area contributed by atoms with E-state index in [1.165, 1.54) is 28.0 Å². The maximum atomic E-state index is 13.7. The molecule has 1 atom stereocenters. The number of ether oxygens (including phenoxy) is 2. The first-order valence-electron chi connectivity index (χ1n) is 12.0. The summed E-state index contributed by atoms with van der Waals surface area (Å²) < 4.78 is 18.4. The maximum Gasteiger partial charge on any atom is 0.338 e. The minimum Gasteiger partial charge on any atom is -0.497 e. The first kappa shape index (κ1) is 25.9. The number of carbonyl (C=O) groups is 1. The summed E-state index contributed by atoms with van der Waals surface area (Å²) in [4.78, 5) is 42.2. The molecule has 0 spiro atoms. The summed E-state index contributed by atoms with van der Waals surface area (Å²) in [5, 5.41) is 10.9. The largest absolute Gasteiger partial charge is 0.497 e. The van der Waals surface area contributed by atoms with Crippen LogP contribution >= 0.6 is 11.3 Å². The summed E-state index contributed by atoms with van der Waals surface area (Å²) >= 11 is 1.19. The van der Waals surface area contributed by atoms with Crippen molar-refractivity contribution in [2.75, 3.05) is 13.7 Å². The number of furan rings is 1. The van der Waals surface area contributed by atoms with Crippen molar-refractivity contribution >= 4 is 29.1 Å². The second-order valence-electron chi connectivity index (χ2n) is 8.58. The molecule has 11 heteroatoms. The van der Waals surface area contributed by atoms with E-state index in [0.717, 1.165) is 0 Å². The van der Waals surface area contributed by atoms with E-state index >= 15 is 0 Å². The Kier molecular flexibility index (Phi) is 6.99. The molecule has 1 aliphatic rings. The van der Waals surface area contributed by atoms with E-state index in [4.69, 9.17) is 13.9 Å². The molecule has 5 rings (SSSR count). The van der Waals surface area contributed by atoms with Gasteiger partial charge in [0.15, 0.2) is 4.80 Å². The van der Waals surface area contributed by atoms with Crippen molar-refractivity contribution in [1.29, 1.82) is 0 Å². The van der Waals surface area contributed by atoms with Gasteiger partial charge in [0.25, 0.3) is 11.2 Å². The van der Waals surface area contributed by atoms with Crippen molar-refractivity contribution in [2.24, 2.45) is 4.99 Å². The predicted molar refractivity (Wildman–Crippen MR) is 144 cm³/mol. The molecule has 10 nitrogen and oxygen atoms in total. The van der Waals surface area contributed by atoms with Crippen LogP contribution in [0.1, 0.15) is 31.2 Å². The molecule has 2 aromatic heterocycles. The van der Waals surface area contributed by atoms with Gasteiger partial charge >= 0.3 is 5.97 Å². The highest BCUT2D eigenvalue weighted by atomic mass is 32.1. The molecule has 0 bridgehead atoms. The van der Waals surface area contributed by atoms with E-state index in [9.17, 15) is 19.7 Å². The lowest BCUT2D eigenvalue weighted by Gasteiger charge is -2.24. The standard InChI is InChI=1S/C28H23N3O7S/c1-4-37-27(33)24-16(2)29-28-30(25(24)18-7-11-20(36-3)12-8-18)26(32)23(39-28)15-21-13-14-22(38-21)17-5-9-19(10-6-17)31(34)35/h5-15,25H,4H2,1-3H3/b23-15-. The number of rotatable bonds is 7. The highest BCUT2D eigenvalue weighted by molar-refractivity contribution is 7.07. The van der Waals surface area contributed by atoms with E-state index in [1.54, 1.807) is 63.4 Å². The number of carbonyl (C=O) groups excluding carboxylic acids is 1. The Labute approximate surface area is 225 Å². The van der Waals surface area contributed by atoms with Crippen molar-refractivity contribution in [2.45, 2.75) is 19.9 Å². The number of nitro benzene ring substituents is 1. The summed E-state index contributed by atoms with van der Waals surface area (Å²) in [6, 6.07) is 15.9. The number of hydrogen-bond acceptors (Lipinski definition) is 9. The number of benzene rings is 2. The third-order valence-corrected chi connectivity index (χ3v) is 7.19. The van der Waals surface area contributed by atoms with Crippen LogP contribution < -0.4 is 19.6 Å². The molecule has 0 saturated carbocycles. The van der Waals surface area contributed by atoms with E-state index in [1.807, 2.05) is 12.1 Å². The first-order chi connectivity index (χ1) is 18.8. The molecule has 1 unspecified atom stereocenters. The Hall–Kier alpha value is -4.77. The minimum atomic E-state index is -0.736. The van der Waals surface area contributed by atoms with Crippen molar-refractivity contribution in [3.05, 3.63) is 113 Å². The summed E-state index contributed by atoms with van der Waals surface area (Å²) in [7, 11) is 1.56. The SMILES string of the molecule is CCOC(=O)C1=C(C)N=c2s/c(=C\c3ccc(-c4ccc([N+](=O)[O-])cc4)o3)c(=O)n2C1c1ccc(OC)cc1. The molecule has 2 aromatic carbocycles. The molecule has 39 heavy (non-hydrogen) atoms. The highest BCUT2D eigenvalue weighted by Gasteiger charge is 2.33. The number of esters is 1. The van der Waals surface area contributed by atoms with Gasteiger partial charge < -0.3 is 13.9 Å². The van der Waals surface area contributed by atoms with Crippen molar-refractivity contribution in [1.82, 2.24) is 4.57 Å². The molecule has 0 radical (unpaired) electrons. The third kappa shape index (κ3) is 4.91. The molecule has 198 valence electrons. The van der Waals surface area contributed by atoms with Crippen LogP contribution in [-0.2, 0) is 9.53 Å². The number of fused-ring (bicyclic) bond motifs is 1. The molecular weight excluding hydrogens is 522 g/mol. The summed E-state index contributed by atoms with van der Waals surface area (Å²) in [5.41, 5.74) is 1.79. The normalized spacial score (nSPS) is 15.1. The fourth-order valence-corrected chi connectivity index (χ4v) is 5.38. The number of non-ortho nitro benzene ring substituents is 1. The number of methoxy groups -OCH3 is 1. The average Bonchev–Trinajstić information content (AvgIpc) is 3.52. The lowest BCUT2D eigenvalue weighted by Crippen LogP contribution is -2.39. The smallest absolute Gasteiger partial charge is 0.338 e. The molecule has 0 amide bonds. The Bertz CT molecular complexity index is 1780. The van der Waals surface area contributed by atoms with Crippen LogP contribution in [0.4, 0.5) is 5.69 Å². The fraction of sp³-hybridized carbons (Fsp3) is 0.179. The van der Waals surface area contributed by atoms with Gasteiger partial charge in [0, 0.05) is 23.8 Å². The van der Waals surface area contributed by atoms with Crippen LogP contribution in [0.5, 0.6) is 5.75 Å². The van der Waals surface area contributed by atoms with E-state index in [0.29, 0.717) is 49.0 Å². The van der Waals surface area contributed by atoms with Gasteiger partial charge in [0.1, 0.15) is 17.3 Å². The van der Waals surface area contributed by atoms with Crippen LogP contribution in [0, 0.1) is 10.1 Å². The Balaban J connectivity index is 1.59. The topological polar surface area (TPSA) is 126 Å². The molecule has 0 aliphatic carbocycles. The number of nitro groups is 1. The molecular formula is C28H23N3O7S. The number of thiazole rings is 1. The molecule has 0 fully saturated rings. The van der Waals surface area contributed by atoms with Crippen LogP contribution in [0.3, 0.4) is 0 Å². The van der Waals surface area contributed by atoms with Crippen LogP contribution in [-0.4, -0.2) is 29.2 Å². The quantitative estimate of drug-likeness (QED) is 0.195. The summed E-state index contributed by atoms with van der Waals surface area (Å²) in [6.45, 7) is 3.63. The van der Waals surface area contributed by atoms with Crippen molar-refractivity contribution in [3.8, 4) is 17.1 Å². The highest BCUT2D eigenvalue weighted by Crippen LogP contribution is 2.31. The van der Waals surface area contributed by atoms with Gasteiger partial charge in [-0.3, -0.25) is 19.5 Å². The summed E-state index contributed by atoms with van der Waals surface area (Å²) in [6.07, 6.45) is 1.62. The minimum absolute atomic E-state index is 0.0180. The predicted octanol–water partition coefficient (Wildman–Crippen LogP) is 3.98. The van der Waals surface area contributed by atoms with E-state index in [-0.39, 0.29) is 17.9 Å².